The number of aliphatic hydroxyl groups excluding tert-OH is 1. The van der Waals surface area contributed by atoms with Gasteiger partial charge in [-0.15, -0.1) is 0 Å². The molecule has 0 unspecified atom stereocenters. The van der Waals surface area contributed by atoms with Gasteiger partial charge >= 0.3 is 0 Å². The molecule has 2 saturated heterocycles. The summed E-state index contributed by atoms with van der Waals surface area (Å²) in [4.78, 5) is 45.1. The zero-order chi connectivity index (χ0) is 32.8. The normalized spacial score (nSPS) is 18.1. The summed E-state index contributed by atoms with van der Waals surface area (Å²) in [6, 6.07) is 8.09. The maximum atomic E-state index is 13.5. The van der Waals surface area contributed by atoms with Crippen LogP contribution in [0, 0.1) is 6.92 Å². The summed E-state index contributed by atoms with van der Waals surface area (Å²) in [6.07, 6.45) is 7.27. The highest BCUT2D eigenvalue weighted by Gasteiger charge is 2.24. The number of fused-ring (bicyclic) bond motifs is 1. The van der Waals surface area contributed by atoms with Crippen molar-refractivity contribution in [2.45, 2.75) is 90.5 Å². The van der Waals surface area contributed by atoms with Crippen LogP contribution in [-0.2, 0) is 24.4 Å². The zero-order valence-electron chi connectivity index (χ0n) is 27.6. The fourth-order valence-electron chi connectivity index (χ4n) is 6.70. The number of aliphatic hydroxyl groups is 1. The van der Waals surface area contributed by atoms with Crippen LogP contribution in [0.15, 0.2) is 35.1 Å². The minimum atomic E-state index is -0.624. The van der Waals surface area contributed by atoms with Crippen molar-refractivity contribution < 1.29 is 23.8 Å². The van der Waals surface area contributed by atoms with Gasteiger partial charge in [0.1, 0.15) is 23.9 Å². The van der Waals surface area contributed by atoms with Gasteiger partial charge in [-0.25, -0.2) is 9.97 Å². The summed E-state index contributed by atoms with van der Waals surface area (Å²) in [5.41, 5.74) is 3.69. The van der Waals surface area contributed by atoms with E-state index in [1.54, 1.807) is 13.0 Å². The second kappa shape index (κ2) is 15.2. The molecule has 3 aliphatic rings. The van der Waals surface area contributed by atoms with E-state index in [0.717, 1.165) is 75.5 Å². The smallest absolute Gasteiger partial charge is 0.227 e. The lowest BCUT2D eigenvalue weighted by molar-refractivity contribution is -0.129. The van der Waals surface area contributed by atoms with Gasteiger partial charge in [-0.3, -0.25) is 14.5 Å². The summed E-state index contributed by atoms with van der Waals surface area (Å²) >= 11 is 0. The van der Waals surface area contributed by atoms with E-state index in [-0.39, 0.29) is 24.2 Å². The van der Waals surface area contributed by atoms with Crippen LogP contribution < -0.4 is 15.0 Å². The second-order valence-electron chi connectivity index (χ2n) is 13.1. The van der Waals surface area contributed by atoms with Crippen LogP contribution in [0.1, 0.15) is 84.9 Å². The van der Waals surface area contributed by atoms with E-state index < -0.39 is 6.10 Å². The number of carbonyl (C=O) groups is 2. The number of oxazole rings is 1. The molecule has 252 valence electrons. The van der Waals surface area contributed by atoms with Crippen LogP contribution in [0.25, 0.3) is 0 Å². The Bertz CT molecular complexity index is 1530. The van der Waals surface area contributed by atoms with Crippen LogP contribution >= 0.6 is 0 Å². The number of anilines is 2. The number of nitrogens with one attached hydrogen (secondary N) is 1. The number of ether oxygens (including phenoxy) is 1. The van der Waals surface area contributed by atoms with Crippen molar-refractivity contribution in [1.82, 2.24) is 24.8 Å². The number of carbonyl (C=O) groups excluding carboxylic acids is 2. The maximum Gasteiger partial charge on any atom is 0.227 e. The van der Waals surface area contributed by atoms with Crippen molar-refractivity contribution >= 4 is 23.5 Å². The summed E-state index contributed by atoms with van der Waals surface area (Å²) in [7, 11) is 0. The number of ketones is 1. The maximum absolute atomic E-state index is 13.5. The quantitative estimate of drug-likeness (QED) is 0.275. The number of piperidine rings is 2. The molecule has 1 amide bonds. The molecule has 12 nitrogen and oxygen atoms in total. The molecule has 0 spiro atoms. The number of β-amino-alcohol motifs (C(OH)–C–C–N with tert-alkyl or cyclic N) is 1. The van der Waals surface area contributed by atoms with E-state index in [1.165, 1.54) is 23.9 Å². The predicted octanol–water partition coefficient (Wildman–Crippen LogP) is 4.15. The lowest BCUT2D eigenvalue weighted by atomic mass is 9.98. The Morgan fingerprint density at radius 2 is 1.87 bits per heavy atom. The molecular formula is C35H47N7O5. The number of hydrogen-bond acceptors (Lipinski definition) is 11. The first kappa shape index (κ1) is 32.9. The first-order valence-corrected chi connectivity index (χ1v) is 17.0. The Balaban J connectivity index is 1.02. The third-order valence-corrected chi connectivity index (χ3v) is 9.59. The minimum absolute atomic E-state index is 0.0869. The molecular weight excluding hydrogens is 598 g/mol. The van der Waals surface area contributed by atoms with Gasteiger partial charge in [0.05, 0.1) is 11.8 Å². The molecule has 5 heterocycles. The predicted molar refractivity (Wildman–Crippen MR) is 178 cm³/mol. The van der Waals surface area contributed by atoms with Crippen LogP contribution in [0.5, 0.6) is 5.75 Å². The van der Waals surface area contributed by atoms with Gasteiger partial charge in [0.15, 0.2) is 17.9 Å². The molecule has 47 heavy (non-hydrogen) atoms. The van der Waals surface area contributed by atoms with Gasteiger partial charge in [-0.1, -0.05) is 6.07 Å². The molecule has 1 atom stereocenters. The van der Waals surface area contributed by atoms with Crippen molar-refractivity contribution in [1.29, 1.82) is 0 Å². The molecule has 2 aromatic heterocycles. The lowest BCUT2D eigenvalue weighted by Gasteiger charge is -2.32. The van der Waals surface area contributed by atoms with Crippen LogP contribution in [0.3, 0.4) is 0 Å². The monoisotopic (exact) mass is 645 g/mol. The fraction of sp³-hybridized carbons (Fsp3) is 0.571. The number of hydrogen-bond donors (Lipinski definition) is 2. The number of likely N-dealkylation sites (tertiary alicyclic amines) is 1. The Morgan fingerprint density at radius 1 is 1.06 bits per heavy atom. The topological polar surface area (TPSA) is 137 Å². The number of Topliss-reactive ketones (excluding diaryl/α,β-unsaturated/α-hetero) is 1. The Hall–Kier alpha value is -4.03. The second-order valence-corrected chi connectivity index (χ2v) is 13.1. The van der Waals surface area contributed by atoms with Gasteiger partial charge in [0.2, 0.25) is 11.9 Å². The molecule has 3 aromatic rings. The van der Waals surface area contributed by atoms with Gasteiger partial charge in [0, 0.05) is 71.3 Å². The van der Waals surface area contributed by atoms with E-state index in [0.29, 0.717) is 50.1 Å². The van der Waals surface area contributed by atoms with Crippen LogP contribution in [0.4, 0.5) is 11.8 Å². The molecule has 0 saturated carbocycles. The van der Waals surface area contributed by atoms with E-state index in [1.807, 2.05) is 17.9 Å². The minimum Gasteiger partial charge on any atom is -0.486 e. The van der Waals surface area contributed by atoms with Crippen molar-refractivity contribution in [3.05, 3.63) is 58.9 Å². The summed E-state index contributed by atoms with van der Waals surface area (Å²) in [6.45, 7) is 9.10. The van der Waals surface area contributed by atoms with E-state index >= 15 is 0 Å². The number of nitrogens with zero attached hydrogens (tertiary/aromatic N) is 6. The molecule has 0 radical (unpaired) electrons. The summed E-state index contributed by atoms with van der Waals surface area (Å²) < 4.78 is 11.3. The highest BCUT2D eigenvalue weighted by Crippen LogP contribution is 2.26. The van der Waals surface area contributed by atoms with E-state index in [9.17, 15) is 14.7 Å². The van der Waals surface area contributed by atoms with Crippen LogP contribution in [-0.4, -0.2) is 93.0 Å². The molecule has 0 aliphatic carbocycles. The van der Waals surface area contributed by atoms with E-state index in [4.69, 9.17) is 19.1 Å². The largest absolute Gasteiger partial charge is 0.486 e. The van der Waals surface area contributed by atoms with E-state index in [2.05, 4.69) is 32.2 Å². The Morgan fingerprint density at radius 3 is 2.62 bits per heavy atom. The molecule has 0 bridgehead atoms. The first-order chi connectivity index (χ1) is 22.8. The number of aryl methyl sites for hydroxylation is 1. The van der Waals surface area contributed by atoms with Crippen molar-refractivity contribution in [3.63, 3.8) is 0 Å². The lowest BCUT2D eigenvalue weighted by Crippen LogP contribution is -2.41. The molecule has 2 N–H and O–H groups in total. The van der Waals surface area contributed by atoms with Crippen molar-refractivity contribution in [3.8, 4) is 5.75 Å². The number of benzene rings is 1. The van der Waals surface area contributed by atoms with Crippen molar-refractivity contribution in [2.75, 3.05) is 49.5 Å². The summed E-state index contributed by atoms with van der Waals surface area (Å²) in [5, 5.41) is 14.5. The Labute approximate surface area is 276 Å². The molecule has 1 aromatic carbocycles. The summed E-state index contributed by atoms with van der Waals surface area (Å²) in [5.74, 6) is 2.79. The standard InChI is InChI=1S/C35H47N7O5/c1-24-33(47-23-36-24)22-46-30-8-6-27-20-40(15-10-26(27)18-30)21-29(44)7-9-32(45)31-19-34(37-28-11-16-41(17-12-28)25(2)43)39-35(38-31)42-13-4-3-5-14-42/h6,8,18-19,23,28-29,44H,3-5,7,9-17,20-22H2,1-2H3,(H,37,38,39)/t29-/m0/s1. The molecule has 2 fully saturated rings. The first-order valence-electron chi connectivity index (χ1n) is 17.0. The third kappa shape index (κ3) is 8.66. The number of aromatic nitrogens is 3. The average Bonchev–Trinajstić information content (AvgIpc) is 3.50. The molecule has 3 aliphatic heterocycles. The molecule has 12 heteroatoms. The van der Waals surface area contributed by atoms with Gasteiger partial charge < -0.3 is 29.4 Å². The SMILES string of the molecule is CC(=O)N1CCC(Nc2cc(C(=O)CC[C@H](O)CN3CCc4cc(OCc5ocnc5C)ccc4C3)nc(N3CCCCC3)n2)CC1. The highest BCUT2D eigenvalue weighted by molar-refractivity contribution is 5.95. The van der Waals surface area contributed by atoms with Gasteiger partial charge in [0.25, 0.3) is 0 Å². The third-order valence-electron chi connectivity index (χ3n) is 9.59. The Kier molecular flexibility index (Phi) is 10.7. The zero-order valence-corrected chi connectivity index (χ0v) is 27.6. The van der Waals surface area contributed by atoms with Gasteiger partial charge in [-0.2, -0.15) is 4.98 Å². The highest BCUT2D eigenvalue weighted by atomic mass is 16.5. The van der Waals surface area contributed by atoms with Gasteiger partial charge in [-0.05, 0) is 75.1 Å². The fourth-order valence-corrected chi connectivity index (χ4v) is 6.70. The molecule has 6 rings (SSSR count). The van der Waals surface area contributed by atoms with Crippen LogP contribution in [0.2, 0.25) is 0 Å². The number of rotatable bonds is 12. The van der Waals surface area contributed by atoms with Crippen molar-refractivity contribution in [2.24, 2.45) is 0 Å². The number of amides is 1. The average molecular weight is 646 g/mol.